The van der Waals surface area contributed by atoms with Crippen LogP contribution in [0.3, 0.4) is 0 Å². The minimum absolute atomic E-state index is 0.154. The summed E-state index contributed by atoms with van der Waals surface area (Å²) in [5, 5.41) is 0. The summed E-state index contributed by atoms with van der Waals surface area (Å²) in [6.07, 6.45) is 0. The van der Waals surface area contributed by atoms with Crippen molar-refractivity contribution < 1.29 is 0 Å². The smallest absolute Gasteiger partial charge is 0.252 e. The van der Waals surface area contributed by atoms with Crippen molar-refractivity contribution in [2.24, 2.45) is 0 Å². The summed E-state index contributed by atoms with van der Waals surface area (Å²) in [7, 11) is 0. The van der Waals surface area contributed by atoms with E-state index in [2.05, 4.69) is 360 Å². The third-order valence-electron chi connectivity index (χ3n) is 18.8. The van der Waals surface area contributed by atoms with Crippen LogP contribution < -0.4 is 62.2 Å². The lowest BCUT2D eigenvalue weighted by Crippen LogP contribution is -2.65. The molecule has 0 spiro atoms. The number of nitrogens with zero attached hydrogens (tertiary/aromatic N) is 6. The Kier molecular flexibility index (Phi) is 12.6. The van der Waals surface area contributed by atoms with Crippen LogP contribution in [0.15, 0.2) is 303 Å². The highest BCUT2D eigenvalue weighted by molar-refractivity contribution is 7.03. The van der Waals surface area contributed by atoms with Gasteiger partial charge in [0.05, 0.1) is 11.4 Å². The van der Waals surface area contributed by atoms with Crippen LogP contribution in [-0.4, -0.2) is 13.4 Å². The van der Waals surface area contributed by atoms with E-state index in [0.29, 0.717) is 0 Å². The number of hydrogen-bond donors (Lipinski definition) is 0. The lowest BCUT2D eigenvalue weighted by Gasteiger charge is -2.47. The SMILES string of the molecule is Cc1ccc(N(c2ccc(C)cc2)c2cc3c4c(c2)N(c2ccccc2)c2cc5c(cc2B4c2ccccc2N3c2ccccc2)B2c3ccccc3N(c3ccccc3)c3cc(N(c4ccc(C)cc4)c4ccc(C)cc4)cc(c32)N5c2ccccc2)cc1. The summed E-state index contributed by atoms with van der Waals surface area (Å²) in [4.78, 5) is 15.1. The fourth-order valence-corrected chi connectivity index (χ4v) is 14.7. The second-order valence-electron chi connectivity index (χ2n) is 24.4. The number of benzene rings is 13. The van der Waals surface area contributed by atoms with E-state index in [4.69, 9.17) is 0 Å². The molecule has 4 aliphatic rings. The molecular weight excluding hydrogens is 1090 g/mol. The number of hydrogen-bond acceptors (Lipinski definition) is 6. The van der Waals surface area contributed by atoms with E-state index in [1.807, 2.05) is 0 Å². The fraction of sp³-hybridized carbons (Fsp3) is 0.0488. The molecule has 13 aromatic rings. The average molecular weight is 1150 g/mol. The van der Waals surface area contributed by atoms with E-state index in [-0.39, 0.29) is 13.4 Å². The Bertz CT molecular complexity index is 4490. The number of aryl methyl sites for hydroxylation is 4. The fourth-order valence-electron chi connectivity index (χ4n) is 14.7. The van der Waals surface area contributed by atoms with E-state index in [1.54, 1.807) is 0 Å². The lowest BCUT2D eigenvalue weighted by molar-refractivity contribution is 1.21. The van der Waals surface area contributed by atoms with Crippen LogP contribution in [0, 0.1) is 27.7 Å². The van der Waals surface area contributed by atoms with Crippen molar-refractivity contribution in [3.63, 3.8) is 0 Å². The summed E-state index contributed by atoms with van der Waals surface area (Å²) in [6.45, 7) is 8.36. The predicted octanol–water partition coefficient (Wildman–Crippen LogP) is 18.0. The largest absolute Gasteiger partial charge is 0.311 e. The number of rotatable bonds is 10. The molecule has 6 nitrogen and oxygen atoms in total. The van der Waals surface area contributed by atoms with Crippen LogP contribution in [0.5, 0.6) is 0 Å². The second-order valence-corrected chi connectivity index (χ2v) is 24.4. The van der Waals surface area contributed by atoms with Crippen LogP contribution >= 0.6 is 0 Å². The predicted molar refractivity (Wildman–Crippen MR) is 383 cm³/mol. The van der Waals surface area contributed by atoms with Gasteiger partial charge in [0.25, 0.3) is 13.4 Å². The minimum atomic E-state index is -0.154. The van der Waals surface area contributed by atoms with Crippen molar-refractivity contribution in [3.8, 4) is 0 Å². The van der Waals surface area contributed by atoms with Gasteiger partial charge < -0.3 is 29.4 Å². The lowest BCUT2D eigenvalue weighted by atomic mass is 9.30. The van der Waals surface area contributed by atoms with Crippen LogP contribution in [0.1, 0.15) is 22.3 Å². The van der Waals surface area contributed by atoms with Gasteiger partial charge in [-0.2, -0.15) is 0 Å². The summed E-state index contributed by atoms with van der Waals surface area (Å²) >= 11 is 0. The molecule has 0 saturated heterocycles. The Morgan fingerprint density at radius 1 is 0.211 bits per heavy atom. The zero-order valence-corrected chi connectivity index (χ0v) is 50.7. The van der Waals surface area contributed by atoms with Gasteiger partial charge >= 0.3 is 0 Å². The molecule has 0 aliphatic carbocycles. The Balaban J connectivity index is 0.990. The molecule has 0 fully saturated rings. The first-order valence-corrected chi connectivity index (χ1v) is 31.3. The van der Waals surface area contributed by atoms with Gasteiger partial charge in [-0.1, -0.05) is 186 Å². The molecule has 0 amide bonds. The van der Waals surface area contributed by atoms with E-state index in [1.165, 1.54) is 55.0 Å². The highest BCUT2D eigenvalue weighted by Crippen LogP contribution is 2.52. The molecule has 90 heavy (non-hydrogen) atoms. The van der Waals surface area contributed by atoms with Gasteiger partial charge in [-0.05, 0) is 200 Å². The van der Waals surface area contributed by atoms with Crippen LogP contribution in [0.2, 0.25) is 0 Å². The van der Waals surface area contributed by atoms with Crippen molar-refractivity contribution in [3.05, 3.63) is 326 Å². The van der Waals surface area contributed by atoms with Crippen molar-refractivity contribution in [1.82, 2.24) is 0 Å². The molecule has 0 radical (unpaired) electrons. The first-order valence-electron chi connectivity index (χ1n) is 31.3. The Labute approximate surface area is 528 Å². The molecule has 4 heterocycles. The molecule has 8 heteroatoms. The summed E-state index contributed by atoms with van der Waals surface area (Å²) < 4.78 is 0. The number of para-hydroxylation sites is 6. The van der Waals surface area contributed by atoms with Gasteiger partial charge in [0, 0.05) is 91.0 Å². The third kappa shape index (κ3) is 8.58. The quantitative estimate of drug-likeness (QED) is 0.126. The number of anilines is 18. The zero-order valence-electron chi connectivity index (χ0n) is 50.7. The van der Waals surface area contributed by atoms with Gasteiger partial charge in [0.15, 0.2) is 0 Å². The molecule has 0 unspecified atom stereocenters. The summed E-state index contributed by atoms with van der Waals surface area (Å²) in [5.74, 6) is 0. The molecule has 4 aliphatic heterocycles. The Hall–Kier alpha value is -11.2. The van der Waals surface area contributed by atoms with Crippen LogP contribution in [-0.2, 0) is 0 Å². The Morgan fingerprint density at radius 2 is 0.467 bits per heavy atom. The van der Waals surface area contributed by atoms with Crippen molar-refractivity contribution in [2.75, 3.05) is 29.4 Å². The molecule has 0 atom stereocenters. The average Bonchev–Trinajstić information content (AvgIpc) is 0.691. The minimum Gasteiger partial charge on any atom is -0.311 e. The van der Waals surface area contributed by atoms with E-state index < -0.39 is 0 Å². The van der Waals surface area contributed by atoms with Crippen molar-refractivity contribution in [1.29, 1.82) is 0 Å². The first kappa shape index (κ1) is 53.1. The highest BCUT2D eigenvalue weighted by Gasteiger charge is 2.49. The maximum Gasteiger partial charge on any atom is 0.252 e. The second kappa shape index (κ2) is 21.3. The monoisotopic (exact) mass is 1150 g/mol. The topological polar surface area (TPSA) is 19.4 Å². The first-order chi connectivity index (χ1) is 44.3. The number of fused-ring (bicyclic) bond motifs is 8. The maximum atomic E-state index is 2.63. The van der Waals surface area contributed by atoms with Gasteiger partial charge in [-0.15, -0.1) is 0 Å². The normalized spacial score (nSPS) is 13.0. The van der Waals surface area contributed by atoms with Gasteiger partial charge in [-0.3, -0.25) is 0 Å². The standard InChI is InChI=1S/C82H62B2N6/c1-55-33-41-63(42-34-55)85(64-43-35-56(2)36-44-64)67-49-77-81-79(51-67)89(61-25-13-7-14-26-61)75-54-76-72(53-71(75)83(81)69-29-17-19-31-73(69)87(77)59-21-9-5-10-22-59)84-70-30-18-20-32-74(70)88(60-23-11-6-12-24-60)78-50-68(52-80(82(78)84)90(76)62-27-15-8-16-28-62)86(65-45-37-57(3)38-46-65)66-47-39-58(4)40-48-66/h5-54H,1-4H3. The van der Waals surface area contributed by atoms with Gasteiger partial charge in [0.2, 0.25) is 0 Å². The highest BCUT2D eigenvalue weighted by atomic mass is 15.2. The van der Waals surface area contributed by atoms with Gasteiger partial charge in [0.1, 0.15) is 0 Å². The molecule has 0 aromatic heterocycles. The molecule has 13 aromatic carbocycles. The molecule has 17 rings (SSSR count). The molecule has 0 bridgehead atoms. The maximum absolute atomic E-state index is 2.63. The van der Waals surface area contributed by atoms with Crippen LogP contribution in [0.25, 0.3) is 0 Å². The van der Waals surface area contributed by atoms with E-state index in [0.717, 1.165) is 102 Å². The van der Waals surface area contributed by atoms with E-state index >= 15 is 0 Å². The Morgan fingerprint density at radius 3 is 0.756 bits per heavy atom. The molecule has 0 N–H and O–H groups in total. The van der Waals surface area contributed by atoms with Crippen molar-refractivity contribution >= 4 is 149 Å². The van der Waals surface area contributed by atoms with E-state index in [9.17, 15) is 0 Å². The van der Waals surface area contributed by atoms with Gasteiger partial charge in [-0.25, -0.2) is 0 Å². The zero-order chi connectivity index (χ0) is 60.1. The third-order valence-corrected chi connectivity index (χ3v) is 18.8. The molecular formula is C82H62B2N6. The molecule has 426 valence electrons. The van der Waals surface area contributed by atoms with Crippen molar-refractivity contribution in [2.45, 2.75) is 27.7 Å². The van der Waals surface area contributed by atoms with Crippen LogP contribution in [0.4, 0.5) is 102 Å². The summed E-state index contributed by atoms with van der Waals surface area (Å²) in [5.41, 5.74) is 32.4. The summed E-state index contributed by atoms with van der Waals surface area (Å²) in [6, 6.07) is 113. The molecule has 0 saturated carbocycles.